The minimum absolute atomic E-state index is 0.0713. The quantitative estimate of drug-likeness (QED) is 0.275. The number of carbonyl (C=O) groups excluding carboxylic acids is 2. The van der Waals surface area contributed by atoms with Gasteiger partial charge in [0.1, 0.15) is 5.76 Å². The monoisotopic (exact) mass is 456 g/mol. The fourth-order valence-corrected chi connectivity index (χ4v) is 4.94. The van der Waals surface area contributed by atoms with Gasteiger partial charge in [-0.2, -0.15) is 5.10 Å². The predicted molar refractivity (Wildman–Crippen MR) is 125 cm³/mol. The molecule has 1 aromatic carbocycles. The van der Waals surface area contributed by atoms with Crippen molar-refractivity contribution in [1.29, 1.82) is 0 Å². The van der Waals surface area contributed by atoms with Crippen molar-refractivity contribution in [2.45, 2.75) is 19.5 Å². The molecule has 0 spiro atoms. The molecule has 1 fully saturated rings. The summed E-state index contributed by atoms with van der Waals surface area (Å²) in [7, 11) is 0. The van der Waals surface area contributed by atoms with Crippen molar-refractivity contribution in [3.63, 3.8) is 0 Å². The lowest BCUT2D eigenvalue weighted by atomic mass is 10.00. The predicted octanol–water partition coefficient (Wildman–Crippen LogP) is 4.26. The Bertz CT molecular complexity index is 1350. The molecule has 1 aliphatic rings. The van der Waals surface area contributed by atoms with Crippen LogP contribution >= 0.6 is 11.3 Å². The molecule has 33 heavy (non-hydrogen) atoms. The second-order valence-corrected chi connectivity index (χ2v) is 8.67. The van der Waals surface area contributed by atoms with Crippen LogP contribution in [0.15, 0.2) is 84.1 Å². The number of benzene rings is 1. The van der Waals surface area contributed by atoms with Crippen molar-refractivity contribution < 1.29 is 14.7 Å². The number of aromatic nitrogens is 3. The van der Waals surface area contributed by atoms with E-state index in [1.165, 1.54) is 22.4 Å². The van der Waals surface area contributed by atoms with E-state index in [1.807, 2.05) is 60.8 Å². The zero-order chi connectivity index (χ0) is 22.9. The molecule has 1 atom stereocenters. The van der Waals surface area contributed by atoms with Gasteiger partial charge in [0, 0.05) is 23.8 Å². The Morgan fingerprint density at radius 1 is 1.06 bits per heavy atom. The van der Waals surface area contributed by atoms with Crippen LogP contribution < -0.4 is 0 Å². The van der Waals surface area contributed by atoms with Crippen LogP contribution in [0.1, 0.15) is 27.7 Å². The van der Waals surface area contributed by atoms with Gasteiger partial charge in [-0.15, -0.1) is 11.3 Å². The first-order valence-corrected chi connectivity index (χ1v) is 11.3. The number of hydrogen-bond acceptors (Lipinski definition) is 6. The van der Waals surface area contributed by atoms with E-state index in [4.69, 9.17) is 0 Å². The van der Waals surface area contributed by atoms with Crippen molar-refractivity contribution in [2.75, 3.05) is 0 Å². The summed E-state index contributed by atoms with van der Waals surface area (Å²) < 4.78 is 1.70. The van der Waals surface area contributed by atoms with E-state index in [2.05, 4.69) is 10.1 Å². The minimum atomic E-state index is -0.707. The van der Waals surface area contributed by atoms with Gasteiger partial charge in [-0.05, 0) is 42.1 Å². The fraction of sp³-hybridized carbons (Fsp3) is 0.120. The standard InChI is InChI=1S/C25H20N4O3S/c1-16-19(14-27-29(16)18-8-3-2-4-9-18)23(30)21-22(20-10-6-12-33-20)28(25(32)24(21)31)15-17-7-5-11-26-13-17/h2-14,22,30H,15H2,1H3/t22-/m1/s1. The molecule has 1 amide bonds. The van der Waals surface area contributed by atoms with Gasteiger partial charge < -0.3 is 10.0 Å². The topological polar surface area (TPSA) is 88.3 Å². The smallest absolute Gasteiger partial charge is 0.295 e. The molecule has 5 rings (SSSR count). The Labute approximate surface area is 194 Å². The van der Waals surface area contributed by atoms with Crippen LogP contribution in [0.4, 0.5) is 0 Å². The van der Waals surface area contributed by atoms with Crippen LogP contribution in [0.25, 0.3) is 11.4 Å². The van der Waals surface area contributed by atoms with Crippen LogP contribution in [0.5, 0.6) is 0 Å². The van der Waals surface area contributed by atoms with Crippen LogP contribution in [0, 0.1) is 6.92 Å². The lowest BCUT2D eigenvalue weighted by molar-refractivity contribution is -0.140. The number of likely N-dealkylation sites (tertiary alicyclic amines) is 1. The highest BCUT2D eigenvalue weighted by molar-refractivity contribution is 7.10. The molecule has 1 N–H and O–H groups in total. The molecule has 0 radical (unpaired) electrons. The van der Waals surface area contributed by atoms with E-state index in [0.29, 0.717) is 11.3 Å². The number of hydrogen-bond donors (Lipinski definition) is 1. The first-order valence-electron chi connectivity index (χ1n) is 10.4. The maximum atomic E-state index is 13.2. The van der Waals surface area contributed by atoms with E-state index >= 15 is 0 Å². The minimum Gasteiger partial charge on any atom is -0.507 e. The lowest BCUT2D eigenvalue weighted by Crippen LogP contribution is -2.28. The van der Waals surface area contributed by atoms with Gasteiger partial charge >= 0.3 is 0 Å². The molecule has 0 bridgehead atoms. The lowest BCUT2D eigenvalue weighted by Gasteiger charge is -2.24. The summed E-state index contributed by atoms with van der Waals surface area (Å²) in [5.74, 6) is -1.58. The first kappa shape index (κ1) is 20.8. The number of amides is 1. The second kappa shape index (κ2) is 8.48. The second-order valence-electron chi connectivity index (χ2n) is 7.69. The molecule has 4 aromatic rings. The fourth-order valence-electron chi connectivity index (χ4n) is 4.09. The summed E-state index contributed by atoms with van der Waals surface area (Å²) in [4.78, 5) is 32.6. The van der Waals surface area contributed by atoms with E-state index < -0.39 is 17.7 Å². The molecule has 1 saturated heterocycles. The van der Waals surface area contributed by atoms with Crippen molar-refractivity contribution >= 4 is 28.8 Å². The highest BCUT2D eigenvalue weighted by atomic mass is 32.1. The number of nitrogens with zero attached hydrogens (tertiary/aromatic N) is 4. The largest absolute Gasteiger partial charge is 0.507 e. The van der Waals surface area contributed by atoms with Crippen molar-refractivity contribution in [3.05, 3.63) is 106 Å². The number of pyridine rings is 1. The average Bonchev–Trinajstić information content (AvgIpc) is 3.56. The summed E-state index contributed by atoms with van der Waals surface area (Å²) in [6, 6.07) is 16.2. The van der Waals surface area contributed by atoms with E-state index in [0.717, 1.165) is 16.1 Å². The van der Waals surface area contributed by atoms with E-state index in [1.54, 1.807) is 23.1 Å². The molecule has 4 heterocycles. The molecule has 0 unspecified atom stereocenters. The molecule has 164 valence electrons. The highest BCUT2D eigenvalue weighted by Crippen LogP contribution is 2.42. The van der Waals surface area contributed by atoms with Crippen LogP contribution in [-0.4, -0.2) is 36.5 Å². The molecule has 3 aromatic heterocycles. The van der Waals surface area contributed by atoms with E-state index in [9.17, 15) is 14.7 Å². The first-order chi connectivity index (χ1) is 16.1. The third-order valence-corrected chi connectivity index (χ3v) is 6.62. The van der Waals surface area contributed by atoms with Crippen LogP contribution in [-0.2, 0) is 16.1 Å². The maximum absolute atomic E-state index is 13.2. The molecule has 8 heteroatoms. The van der Waals surface area contributed by atoms with Gasteiger partial charge in [0.25, 0.3) is 11.7 Å². The SMILES string of the molecule is Cc1c(C(O)=C2C(=O)C(=O)N(Cc3cccnc3)[C@@H]2c2cccs2)cnn1-c1ccccc1. The summed E-state index contributed by atoms with van der Waals surface area (Å²) in [5, 5.41) is 17.6. The zero-order valence-electron chi connectivity index (χ0n) is 17.8. The number of aliphatic hydroxyl groups excluding tert-OH is 1. The van der Waals surface area contributed by atoms with Gasteiger partial charge in [-0.1, -0.05) is 30.3 Å². The number of rotatable bonds is 5. The van der Waals surface area contributed by atoms with Crippen molar-refractivity contribution in [3.8, 4) is 5.69 Å². The highest BCUT2D eigenvalue weighted by Gasteiger charge is 2.46. The van der Waals surface area contributed by atoms with Gasteiger partial charge in [-0.25, -0.2) is 4.68 Å². The summed E-state index contributed by atoms with van der Waals surface area (Å²) >= 11 is 1.43. The van der Waals surface area contributed by atoms with Crippen molar-refractivity contribution in [1.82, 2.24) is 19.7 Å². The van der Waals surface area contributed by atoms with E-state index in [-0.39, 0.29) is 17.9 Å². The molecular formula is C25H20N4O3S. The molecule has 0 aliphatic carbocycles. The molecule has 1 aliphatic heterocycles. The Kier molecular flexibility index (Phi) is 5.35. The Balaban J connectivity index is 1.62. The Hall–Kier alpha value is -4.04. The number of para-hydroxylation sites is 1. The Morgan fingerprint density at radius 2 is 1.88 bits per heavy atom. The number of carbonyl (C=O) groups is 2. The number of thiophene rings is 1. The summed E-state index contributed by atoms with van der Waals surface area (Å²) in [5.41, 5.74) is 2.79. The van der Waals surface area contributed by atoms with Crippen molar-refractivity contribution in [2.24, 2.45) is 0 Å². The maximum Gasteiger partial charge on any atom is 0.295 e. The van der Waals surface area contributed by atoms with Gasteiger partial charge in [0.15, 0.2) is 0 Å². The van der Waals surface area contributed by atoms with Gasteiger partial charge in [-0.3, -0.25) is 14.6 Å². The number of ketones is 1. The Morgan fingerprint density at radius 3 is 2.58 bits per heavy atom. The van der Waals surface area contributed by atoms with Gasteiger partial charge in [0.2, 0.25) is 0 Å². The molecule has 7 nitrogen and oxygen atoms in total. The zero-order valence-corrected chi connectivity index (χ0v) is 18.6. The third-order valence-electron chi connectivity index (χ3n) is 5.69. The van der Waals surface area contributed by atoms with Gasteiger partial charge in [0.05, 0.1) is 34.8 Å². The van der Waals surface area contributed by atoms with Crippen LogP contribution in [0.3, 0.4) is 0 Å². The summed E-state index contributed by atoms with van der Waals surface area (Å²) in [6.07, 6.45) is 4.85. The summed E-state index contributed by atoms with van der Waals surface area (Å²) in [6.45, 7) is 2.03. The van der Waals surface area contributed by atoms with Crippen LogP contribution in [0.2, 0.25) is 0 Å². The molecule has 0 saturated carbocycles. The number of aliphatic hydroxyl groups is 1. The number of Topliss-reactive ketones (excluding diaryl/α,β-unsaturated/α-hetero) is 1. The third kappa shape index (κ3) is 3.64. The normalized spacial score (nSPS) is 17.6. The average molecular weight is 457 g/mol. The molecular weight excluding hydrogens is 436 g/mol.